The van der Waals surface area contributed by atoms with Gasteiger partial charge in [0.1, 0.15) is 5.75 Å². The molecule has 0 unspecified atom stereocenters. The number of nitrogens with zero attached hydrogens (tertiary/aromatic N) is 2. The first-order chi connectivity index (χ1) is 11.6. The predicted molar refractivity (Wildman–Crippen MR) is 96.6 cm³/mol. The molecule has 7 heteroatoms. The first kappa shape index (κ1) is 17.4. The largest absolute Gasteiger partial charge is 0.496 e. The van der Waals surface area contributed by atoms with Crippen LogP contribution in [0, 0.1) is 6.92 Å². The van der Waals surface area contributed by atoms with E-state index in [1.54, 1.807) is 19.2 Å². The number of halogens is 1. The number of carbonyl (C=O) groups is 1. The highest BCUT2D eigenvalue weighted by Crippen LogP contribution is 2.23. The van der Waals surface area contributed by atoms with Gasteiger partial charge in [0.25, 0.3) is 5.91 Å². The Labute approximate surface area is 153 Å². The molecule has 0 saturated carbocycles. The monoisotopic (exact) mass is 410 g/mol. The van der Waals surface area contributed by atoms with Crippen LogP contribution < -0.4 is 9.54 Å². The summed E-state index contributed by atoms with van der Waals surface area (Å²) in [6, 6.07) is 5.32. The fourth-order valence-corrected chi connectivity index (χ4v) is 3.93. The van der Waals surface area contributed by atoms with Crippen molar-refractivity contribution in [2.75, 3.05) is 13.7 Å². The highest BCUT2D eigenvalue weighted by Gasteiger charge is 2.18. The number of rotatable bonds is 4. The van der Waals surface area contributed by atoms with Crippen molar-refractivity contribution < 1.29 is 14.3 Å². The van der Waals surface area contributed by atoms with Gasteiger partial charge in [0.05, 0.1) is 25.3 Å². The Morgan fingerprint density at radius 1 is 1.54 bits per heavy atom. The molecule has 24 heavy (non-hydrogen) atoms. The number of hydrogen-bond donors (Lipinski definition) is 0. The SMILES string of the molecule is COc1ccc(Br)cc1C(=O)N=c1sc(C)cn1C[C@H]1CCCO1. The molecular weight excluding hydrogens is 392 g/mol. The van der Waals surface area contributed by atoms with Crippen LogP contribution >= 0.6 is 27.3 Å². The molecule has 1 fully saturated rings. The Balaban J connectivity index is 1.93. The molecule has 2 heterocycles. The van der Waals surface area contributed by atoms with Crippen molar-refractivity contribution in [2.24, 2.45) is 4.99 Å². The summed E-state index contributed by atoms with van der Waals surface area (Å²) in [7, 11) is 1.55. The molecule has 1 aliphatic rings. The number of benzene rings is 1. The van der Waals surface area contributed by atoms with E-state index >= 15 is 0 Å². The number of ether oxygens (including phenoxy) is 2. The van der Waals surface area contributed by atoms with Crippen LogP contribution in [0.5, 0.6) is 5.75 Å². The molecule has 1 saturated heterocycles. The minimum absolute atomic E-state index is 0.202. The zero-order valence-corrected chi connectivity index (χ0v) is 16.0. The molecule has 1 amide bonds. The number of amides is 1. The average molecular weight is 411 g/mol. The standard InChI is InChI=1S/C17H19BrN2O3S/c1-11-9-20(10-13-4-3-7-23-13)17(24-11)19-16(21)14-8-12(18)5-6-15(14)22-2/h5-6,8-9,13H,3-4,7,10H2,1-2H3/t13-/m1/s1. The van der Waals surface area contributed by atoms with E-state index in [2.05, 4.69) is 20.9 Å². The third-order valence-corrected chi connectivity index (χ3v) is 5.28. The van der Waals surface area contributed by atoms with Crippen molar-refractivity contribution >= 4 is 33.2 Å². The van der Waals surface area contributed by atoms with E-state index in [1.165, 1.54) is 11.3 Å². The van der Waals surface area contributed by atoms with E-state index in [4.69, 9.17) is 9.47 Å². The highest BCUT2D eigenvalue weighted by molar-refractivity contribution is 9.10. The van der Waals surface area contributed by atoms with Crippen molar-refractivity contribution in [1.82, 2.24) is 4.57 Å². The molecule has 0 bridgehead atoms. The summed E-state index contributed by atoms with van der Waals surface area (Å²) < 4.78 is 13.8. The fraction of sp³-hybridized carbons (Fsp3) is 0.412. The summed E-state index contributed by atoms with van der Waals surface area (Å²) in [4.78, 5) is 18.8. The Hall–Kier alpha value is -1.44. The lowest BCUT2D eigenvalue weighted by molar-refractivity contribution is 0.0949. The minimum Gasteiger partial charge on any atom is -0.496 e. The van der Waals surface area contributed by atoms with E-state index < -0.39 is 0 Å². The van der Waals surface area contributed by atoms with Gasteiger partial charge in [0, 0.05) is 22.2 Å². The Bertz CT molecular complexity index is 806. The minimum atomic E-state index is -0.309. The van der Waals surface area contributed by atoms with Crippen LogP contribution in [0.1, 0.15) is 28.1 Å². The maximum absolute atomic E-state index is 12.6. The van der Waals surface area contributed by atoms with Crippen LogP contribution in [-0.2, 0) is 11.3 Å². The van der Waals surface area contributed by atoms with E-state index in [9.17, 15) is 4.79 Å². The van der Waals surface area contributed by atoms with Crippen LogP contribution in [-0.4, -0.2) is 30.3 Å². The Morgan fingerprint density at radius 3 is 3.08 bits per heavy atom. The Kier molecular flexibility index (Phi) is 5.53. The lowest BCUT2D eigenvalue weighted by Crippen LogP contribution is -2.23. The number of thiazole rings is 1. The zero-order valence-electron chi connectivity index (χ0n) is 13.6. The van der Waals surface area contributed by atoms with Crippen LogP contribution in [0.15, 0.2) is 33.9 Å². The second kappa shape index (κ2) is 7.63. The molecule has 2 aromatic rings. The summed E-state index contributed by atoms with van der Waals surface area (Å²) in [5.74, 6) is 0.210. The third-order valence-electron chi connectivity index (χ3n) is 3.85. The Morgan fingerprint density at radius 2 is 2.38 bits per heavy atom. The molecule has 3 rings (SSSR count). The molecule has 128 valence electrons. The van der Waals surface area contributed by atoms with Crippen molar-refractivity contribution in [2.45, 2.75) is 32.4 Å². The molecule has 1 atom stereocenters. The molecule has 1 aromatic heterocycles. The number of hydrogen-bond acceptors (Lipinski definition) is 4. The van der Waals surface area contributed by atoms with Gasteiger partial charge in [0.2, 0.25) is 0 Å². The maximum atomic E-state index is 12.6. The first-order valence-electron chi connectivity index (χ1n) is 7.78. The number of carbonyl (C=O) groups excluding carboxylic acids is 1. The van der Waals surface area contributed by atoms with Gasteiger partial charge < -0.3 is 14.0 Å². The highest BCUT2D eigenvalue weighted by atomic mass is 79.9. The summed E-state index contributed by atoms with van der Waals surface area (Å²) in [5.41, 5.74) is 0.446. The van der Waals surface area contributed by atoms with Crippen LogP contribution in [0.4, 0.5) is 0 Å². The average Bonchev–Trinajstić information content (AvgIpc) is 3.18. The molecule has 0 N–H and O–H groups in total. The third kappa shape index (κ3) is 3.96. The van der Waals surface area contributed by atoms with E-state index in [0.29, 0.717) is 16.1 Å². The molecule has 1 aromatic carbocycles. The molecule has 0 aliphatic carbocycles. The van der Waals surface area contributed by atoms with Gasteiger partial charge in [-0.2, -0.15) is 4.99 Å². The van der Waals surface area contributed by atoms with E-state index in [1.807, 2.05) is 23.8 Å². The number of methoxy groups -OCH3 is 1. The summed E-state index contributed by atoms with van der Waals surface area (Å²) in [6.45, 7) is 3.56. The van der Waals surface area contributed by atoms with Crippen LogP contribution in [0.2, 0.25) is 0 Å². The lowest BCUT2D eigenvalue weighted by atomic mass is 10.2. The van der Waals surface area contributed by atoms with Gasteiger partial charge in [-0.1, -0.05) is 15.9 Å². The maximum Gasteiger partial charge on any atom is 0.283 e. The van der Waals surface area contributed by atoms with Crippen LogP contribution in [0.3, 0.4) is 0 Å². The topological polar surface area (TPSA) is 52.8 Å². The number of aromatic nitrogens is 1. The van der Waals surface area contributed by atoms with Gasteiger partial charge in [-0.3, -0.25) is 4.79 Å². The quantitative estimate of drug-likeness (QED) is 0.774. The van der Waals surface area contributed by atoms with Gasteiger partial charge in [-0.05, 0) is 38.0 Å². The predicted octanol–water partition coefficient (Wildman–Crippen LogP) is 3.55. The normalized spacial score (nSPS) is 18.1. The van der Waals surface area contributed by atoms with Gasteiger partial charge in [-0.15, -0.1) is 11.3 Å². The van der Waals surface area contributed by atoms with Crippen molar-refractivity contribution in [3.05, 3.63) is 44.1 Å². The van der Waals surface area contributed by atoms with Gasteiger partial charge in [0.15, 0.2) is 4.80 Å². The summed E-state index contributed by atoms with van der Waals surface area (Å²) >= 11 is 4.89. The molecular formula is C17H19BrN2O3S. The molecule has 0 radical (unpaired) electrons. The summed E-state index contributed by atoms with van der Waals surface area (Å²) in [6.07, 6.45) is 4.37. The van der Waals surface area contributed by atoms with Crippen molar-refractivity contribution in [1.29, 1.82) is 0 Å². The number of aryl methyl sites for hydroxylation is 1. The zero-order chi connectivity index (χ0) is 17.1. The van der Waals surface area contributed by atoms with Crippen molar-refractivity contribution in [3.63, 3.8) is 0 Å². The van der Waals surface area contributed by atoms with Gasteiger partial charge >= 0.3 is 0 Å². The molecule has 1 aliphatic heterocycles. The first-order valence-corrected chi connectivity index (χ1v) is 9.39. The van der Waals surface area contributed by atoms with E-state index in [0.717, 1.165) is 35.3 Å². The second-order valence-corrected chi connectivity index (χ2v) is 7.80. The molecule has 5 nitrogen and oxygen atoms in total. The summed E-state index contributed by atoms with van der Waals surface area (Å²) in [5, 5.41) is 0. The lowest BCUT2D eigenvalue weighted by Gasteiger charge is -2.10. The second-order valence-electron chi connectivity index (χ2n) is 5.67. The molecule has 0 spiro atoms. The smallest absolute Gasteiger partial charge is 0.283 e. The van der Waals surface area contributed by atoms with Crippen molar-refractivity contribution in [3.8, 4) is 5.75 Å². The van der Waals surface area contributed by atoms with E-state index in [-0.39, 0.29) is 12.0 Å². The fourth-order valence-electron chi connectivity index (χ4n) is 2.72. The van der Waals surface area contributed by atoms with Gasteiger partial charge in [-0.25, -0.2) is 0 Å². The van der Waals surface area contributed by atoms with Crippen LogP contribution in [0.25, 0.3) is 0 Å².